The van der Waals surface area contributed by atoms with Crippen LogP contribution in [0.2, 0.25) is 0 Å². The topological polar surface area (TPSA) is 64.6 Å². The van der Waals surface area contributed by atoms with E-state index in [1.165, 1.54) is 30.6 Å². The van der Waals surface area contributed by atoms with Gasteiger partial charge in [0.2, 0.25) is 5.91 Å². The molecule has 0 aromatic heterocycles. The van der Waals surface area contributed by atoms with Gasteiger partial charge < -0.3 is 14.8 Å². The fraction of sp³-hybridized carbons (Fsp3) is 0.818. The normalized spacial score (nSPS) is 42.2. The summed E-state index contributed by atoms with van der Waals surface area (Å²) in [5.74, 6) is 4.30. The van der Waals surface area contributed by atoms with Crippen molar-refractivity contribution in [1.29, 1.82) is 0 Å². The summed E-state index contributed by atoms with van der Waals surface area (Å²) in [4.78, 5) is 23.2. The number of esters is 1. The van der Waals surface area contributed by atoms with Gasteiger partial charge in [-0.25, -0.2) is 0 Å². The number of amides is 1. The molecule has 3 fully saturated rings. The monoisotopic (exact) mass is 525 g/mol. The molecule has 1 N–H and O–H groups in total. The van der Waals surface area contributed by atoms with E-state index in [0.29, 0.717) is 29.6 Å². The van der Waals surface area contributed by atoms with Crippen LogP contribution in [0.25, 0.3) is 0 Å². The molecular formula is C33H51NO4. The second-order valence-corrected chi connectivity index (χ2v) is 14.3. The van der Waals surface area contributed by atoms with Crippen LogP contribution in [0.5, 0.6) is 0 Å². The molecule has 5 aliphatic rings. The maximum Gasteiger partial charge on any atom is 0.305 e. The van der Waals surface area contributed by atoms with Crippen molar-refractivity contribution in [2.75, 3.05) is 6.54 Å². The highest BCUT2D eigenvalue weighted by atomic mass is 16.5. The highest BCUT2D eigenvalue weighted by molar-refractivity contribution is 5.72. The van der Waals surface area contributed by atoms with E-state index in [9.17, 15) is 9.59 Å². The van der Waals surface area contributed by atoms with E-state index in [1.54, 1.807) is 12.5 Å². The van der Waals surface area contributed by atoms with E-state index in [0.717, 1.165) is 56.9 Å². The van der Waals surface area contributed by atoms with Crippen LogP contribution < -0.4 is 5.32 Å². The summed E-state index contributed by atoms with van der Waals surface area (Å²) in [5.41, 5.74) is 3.51. The predicted molar refractivity (Wildman–Crippen MR) is 150 cm³/mol. The lowest BCUT2D eigenvalue weighted by Gasteiger charge is -2.58. The van der Waals surface area contributed by atoms with E-state index in [2.05, 4.69) is 46.0 Å². The molecular weight excluding hydrogens is 474 g/mol. The van der Waals surface area contributed by atoms with Crippen LogP contribution in [0.4, 0.5) is 0 Å². The van der Waals surface area contributed by atoms with Gasteiger partial charge in [-0.1, -0.05) is 39.3 Å². The van der Waals surface area contributed by atoms with E-state index >= 15 is 0 Å². The second-order valence-electron chi connectivity index (χ2n) is 14.3. The smallest absolute Gasteiger partial charge is 0.305 e. The van der Waals surface area contributed by atoms with Crippen LogP contribution >= 0.6 is 0 Å². The van der Waals surface area contributed by atoms with Gasteiger partial charge in [0, 0.05) is 38.6 Å². The van der Waals surface area contributed by atoms with Gasteiger partial charge in [-0.3, -0.25) is 9.59 Å². The molecule has 212 valence electrons. The van der Waals surface area contributed by atoms with Gasteiger partial charge >= 0.3 is 5.97 Å². The zero-order chi connectivity index (χ0) is 27.5. The van der Waals surface area contributed by atoms with Crippen LogP contribution in [0.3, 0.4) is 0 Å². The van der Waals surface area contributed by atoms with Crippen LogP contribution in [-0.2, 0) is 19.1 Å². The second kappa shape index (κ2) is 10.0. The summed E-state index contributed by atoms with van der Waals surface area (Å²) < 4.78 is 12.7. The van der Waals surface area contributed by atoms with Crippen molar-refractivity contribution < 1.29 is 19.1 Å². The van der Waals surface area contributed by atoms with E-state index < -0.39 is 0 Å². The molecule has 5 heteroatoms. The lowest BCUT2D eigenvalue weighted by Crippen LogP contribution is -2.50. The zero-order valence-electron chi connectivity index (χ0n) is 25.0. The molecule has 1 heterocycles. The number of nitrogens with one attached hydrogen (secondary N) is 1. The molecule has 1 aliphatic heterocycles. The Morgan fingerprint density at radius 1 is 1.18 bits per heavy atom. The molecule has 4 aliphatic carbocycles. The maximum atomic E-state index is 11.9. The third-order valence-electron chi connectivity index (χ3n) is 11.8. The zero-order valence-corrected chi connectivity index (χ0v) is 25.0. The maximum absolute atomic E-state index is 11.9. The van der Waals surface area contributed by atoms with Gasteiger partial charge in [-0.15, -0.1) is 0 Å². The number of hydrogen-bond donors (Lipinski definition) is 1. The number of rotatable bonds is 7. The van der Waals surface area contributed by atoms with Gasteiger partial charge in [-0.05, 0) is 98.9 Å². The van der Waals surface area contributed by atoms with Crippen LogP contribution in [0.1, 0.15) is 113 Å². The number of allylic oxidation sites excluding steroid dienone is 2. The molecule has 0 aromatic carbocycles. The molecule has 9 atom stereocenters. The number of carbonyl (C=O) groups excluding carboxylic acids is 2. The quantitative estimate of drug-likeness (QED) is 0.284. The van der Waals surface area contributed by atoms with Crippen molar-refractivity contribution in [2.45, 2.75) is 124 Å². The van der Waals surface area contributed by atoms with Crippen LogP contribution in [0, 0.1) is 40.4 Å². The van der Waals surface area contributed by atoms with Crippen LogP contribution in [0.15, 0.2) is 23.0 Å². The van der Waals surface area contributed by atoms with E-state index in [-0.39, 0.29) is 29.0 Å². The van der Waals surface area contributed by atoms with Gasteiger partial charge in [-0.2, -0.15) is 0 Å². The van der Waals surface area contributed by atoms with E-state index in [1.807, 2.05) is 6.92 Å². The number of fused-ring (bicyclic) bond motifs is 7. The Labute approximate surface area is 230 Å². The highest BCUT2D eigenvalue weighted by Crippen LogP contribution is 2.71. The molecule has 0 saturated heterocycles. The van der Waals surface area contributed by atoms with E-state index in [4.69, 9.17) is 9.47 Å². The minimum atomic E-state index is -0.0918. The lowest BCUT2D eigenvalue weighted by atomic mass is 9.47. The van der Waals surface area contributed by atoms with Crippen molar-refractivity contribution in [2.24, 2.45) is 40.4 Å². The minimum Gasteiger partial charge on any atom is -0.491 e. The third kappa shape index (κ3) is 4.54. The molecule has 5 rings (SSSR count). The Hall–Kier alpha value is -1.78. The van der Waals surface area contributed by atoms with Crippen molar-refractivity contribution in [3.05, 3.63) is 23.0 Å². The Morgan fingerprint density at radius 2 is 1.95 bits per heavy atom. The summed E-state index contributed by atoms with van der Waals surface area (Å²) in [5, 5.41) is 2.96. The molecule has 5 nitrogen and oxygen atoms in total. The SMILES string of the molecule is CCC(=O)O[C@@H]1CC[C@@]2(C)C(=CC[C@@H]3[C@@H]4C[C@]5(C)OC(CC[C@H](C)CNC(C)=O)=C(C)[C@@H]5[C@@]4(C)CC[C@@H]32)C1. The fourth-order valence-electron chi connectivity index (χ4n) is 9.96. The van der Waals surface area contributed by atoms with Gasteiger partial charge in [0.05, 0.1) is 5.76 Å². The first-order chi connectivity index (χ1) is 17.9. The van der Waals surface area contributed by atoms with Gasteiger partial charge in [0.15, 0.2) is 0 Å². The van der Waals surface area contributed by atoms with Crippen molar-refractivity contribution in [3.63, 3.8) is 0 Å². The van der Waals surface area contributed by atoms with Crippen molar-refractivity contribution in [1.82, 2.24) is 5.32 Å². The Bertz CT molecular complexity index is 1030. The lowest BCUT2D eigenvalue weighted by molar-refractivity contribution is -0.151. The Morgan fingerprint density at radius 3 is 2.66 bits per heavy atom. The first kappa shape index (κ1) is 27.8. The standard InChI is InChI=1S/C33H51NO4/c1-8-29(36)37-24-13-15-31(5)23(17-24)10-11-25-26(31)14-16-32(6)27(25)18-33(7)30(32)21(3)28(38-33)12-9-20(2)19-34-22(4)35/h10,20,24-27,30H,8-9,11-19H2,1-7H3,(H,34,35)/t20-,24+,25-,26-,27-,30+,31-,32-,33-/m0/s1. The van der Waals surface area contributed by atoms with Crippen molar-refractivity contribution >= 4 is 11.9 Å². The van der Waals surface area contributed by atoms with Crippen molar-refractivity contribution in [3.8, 4) is 0 Å². The molecule has 0 spiro atoms. The summed E-state index contributed by atoms with van der Waals surface area (Å²) >= 11 is 0. The summed E-state index contributed by atoms with van der Waals surface area (Å²) in [6.07, 6.45) is 13.1. The third-order valence-corrected chi connectivity index (χ3v) is 11.8. The number of ether oxygens (including phenoxy) is 2. The first-order valence-corrected chi connectivity index (χ1v) is 15.4. The molecule has 3 saturated carbocycles. The number of hydrogen-bond acceptors (Lipinski definition) is 4. The molecule has 0 unspecified atom stereocenters. The Balaban J connectivity index is 1.31. The largest absolute Gasteiger partial charge is 0.491 e. The molecule has 38 heavy (non-hydrogen) atoms. The average Bonchev–Trinajstić information content (AvgIpc) is 3.27. The molecule has 0 radical (unpaired) electrons. The highest BCUT2D eigenvalue weighted by Gasteiger charge is 2.67. The fourth-order valence-corrected chi connectivity index (χ4v) is 9.96. The summed E-state index contributed by atoms with van der Waals surface area (Å²) in [7, 11) is 0. The van der Waals surface area contributed by atoms with Gasteiger partial charge in [0.25, 0.3) is 0 Å². The molecule has 0 bridgehead atoms. The summed E-state index contributed by atoms with van der Waals surface area (Å²) in [6.45, 7) is 16.3. The molecule has 0 aromatic rings. The first-order valence-electron chi connectivity index (χ1n) is 15.4. The minimum absolute atomic E-state index is 0.0486. The molecule has 1 amide bonds. The predicted octanol–water partition coefficient (Wildman–Crippen LogP) is 7.11. The Kier molecular flexibility index (Phi) is 7.31. The van der Waals surface area contributed by atoms with Gasteiger partial charge in [0.1, 0.15) is 11.7 Å². The summed E-state index contributed by atoms with van der Waals surface area (Å²) in [6, 6.07) is 0. The number of carbonyl (C=O) groups is 2. The average molecular weight is 526 g/mol. The van der Waals surface area contributed by atoms with Crippen LogP contribution in [-0.4, -0.2) is 30.1 Å².